The highest BCUT2D eigenvalue weighted by molar-refractivity contribution is 9.10. The van der Waals surface area contributed by atoms with E-state index in [0.29, 0.717) is 12.2 Å². The lowest BCUT2D eigenvalue weighted by molar-refractivity contribution is -0.133. The van der Waals surface area contributed by atoms with Crippen LogP contribution >= 0.6 is 39.0 Å². The van der Waals surface area contributed by atoms with Gasteiger partial charge in [-0.25, -0.2) is 0 Å². The van der Waals surface area contributed by atoms with Crippen molar-refractivity contribution in [2.45, 2.75) is 45.1 Å². The number of aliphatic carboxylic acids is 1. The molecule has 3 atom stereocenters. The van der Waals surface area contributed by atoms with Gasteiger partial charge in [0.2, 0.25) is 0 Å². The lowest BCUT2D eigenvalue weighted by atomic mass is 9.90. The predicted molar refractivity (Wildman–Crippen MR) is 120 cm³/mol. The molecule has 0 bridgehead atoms. The molecule has 2 N–H and O–H groups in total. The number of carbonyl (C=O) groups excluding carboxylic acids is 1. The SMILES string of the molecule is Cc1sc(CCC(=O)C=C[C@H]2CCC(O)[C@@H]2CC=CCSCC(=O)O)cc1Br. The van der Waals surface area contributed by atoms with Gasteiger partial charge in [0.05, 0.1) is 11.9 Å². The van der Waals surface area contributed by atoms with Crippen molar-refractivity contribution in [2.75, 3.05) is 11.5 Å². The summed E-state index contributed by atoms with van der Waals surface area (Å²) in [6.45, 7) is 2.06. The van der Waals surface area contributed by atoms with Gasteiger partial charge in [0, 0.05) is 26.4 Å². The number of carboxylic acids is 1. The molecule has 1 aliphatic rings. The first kappa shape index (κ1) is 23.4. The molecule has 1 aromatic rings. The summed E-state index contributed by atoms with van der Waals surface area (Å²) in [6.07, 6.45) is 11.0. The molecule has 1 aromatic heterocycles. The quantitative estimate of drug-likeness (QED) is 0.260. The van der Waals surface area contributed by atoms with E-state index in [1.807, 2.05) is 18.2 Å². The molecule has 4 nitrogen and oxygen atoms in total. The first-order valence-electron chi connectivity index (χ1n) is 9.45. The van der Waals surface area contributed by atoms with E-state index in [1.165, 1.54) is 21.5 Å². The van der Waals surface area contributed by atoms with Crippen LogP contribution in [0.25, 0.3) is 0 Å². The minimum atomic E-state index is -0.804. The summed E-state index contributed by atoms with van der Waals surface area (Å²) < 4.78 is 1.10. The number of halogens is 1. The molecule has 154 valence electrons. The van der Waals surface area contributed by atoms with E-state index in [0.717, 1.165) is 30.2 Å². The number of ketones is 1. The summed E-state index contributed by atoms with van der Waals surface area (Å²) in [4.78, 5) is 25.1. The lowest BCUT2D eigenvalue weighted by Gasteiger charge is -2.17. The fraction of sp³-hybridized carbons (Fsp3) is 0.524. The zero-order valence-corrected chi connectivity index (χ0v) is 19.2. The van der Waals surface area contributed by atoms with Crippen LogP contribution in [-0.2, 0) is 16.0 Å². The van der Waals surface area contributed by atoms with Gasteiger partial charge in [0.1, 0.15) is 0 Å². The van der Waals surface area contributed by atoms with Crippen LogP contribution in [0.5, 0.6) is 0 Å². The Balaban J connectivity index is 1.77. The van der Waals surface area contributed by atoms with Gasteiger partial charge in [-0.2, -0.15) is 0 Å². The smallest absolute Gasteiger partial charge is 0.313 e. The van der Waals surface area contributed by atoms with E-state index in [1.54, 1.807) is 17.4 Å². The van der Waals surface area contributed by atoms with Gasteiger partial charge in [-0.1, -0.05) is 18.2 Å². The molecular weight excluding hydrogens is 460 g/mol. The zero-order chi connectivity index (χ0) is 20.5. The molecular formula is C21H27BrO4S2. The van der Waals surface area contributed by atoms with Crippen molar-refractivity contribution in [2.24, 2.45) is 11.8 Å². The topological polar surface area (TPSA) is 74.6 Å². The lowest BCUT2D eigenvalue weighted by Crippen LogP contribution is -2.17. The normalized spacial score (nSPS) is 22.5. The Morgan fingerprint density at radius 2 is 2.14 bits per heavy atom. The van der Waals surface area contributed by atoms with Gasteiger partial charge in [0.25, 0.3) is 0 Å². The number of thioether (sulfide) groups is 1. The van der Waals surface area contributed by atoms with Crippen LogP contribution in [0.15, 0.2) is 34.8 Å². The number of carboxylic acid groups (broad SMARTS) is 1. The average Bonchev–Trinajstić information content (AvgIpc) is 3.16. The number of aliphatic hydroxyl groups is 1. The van der Waals surface area contributed by atoms with E-state index >= 15 is 0 Å². The molecule has 2 rings (SSSR count). The molecule has 1 aliphatic carbocycles. The molecule has 0 aliphatic heterocycles. The standard InChI is InChI=1S/C21H27BrO4S2/c1-14-19(22)12-17(28-14)9-8-16(23)7-5-15-6-10-20(24)18(15)4-2-3-11-27-13-21(25)26/h2-3,5,7,12,15,18,20,24H,4,6,8-11,13H2,1H3,(H,25,26)/t15-,18+,20?/m0/s1. The molecule has 0 saturated heterocycles. The Kier molecular flexibility index (Phi) is 9.99. The third-order valence-electron chi connectivity index (χ3n) is 4.91. The molecule has 0 amide bonds. The van der Waals surface area contributed by atoms with Crippen LogP contribution in [0, 0.1) is 18.8 Å². The van der Waals surface area contributed by atoms with E-state index in [4.69, 9.17) is 5.11 Å². The van der Waals surface area contributed by atoms with Gasteiger partial charge in [0.15, 0.2) is 5.78 Å². The third kappa shape index (κ3) is 7.85. The van der Waals surface area contributed by atoms with Gasteiger partial charge in [-0.3, -0.25) is 9.59 Å². The number of rotatable bonds is 11. The third-order valence-corrected chi connectivity index (χ3v) is 7.99. The van der Waals surface area contributed by atoms with Crippen LogP contribution in [0.1, 0.15) is 35.4 Å². The molecule has 1 unspecified atom stereocenters. The van der Waals surface area contributed by atoms with E-state index < -0.39 is 5.97 Å². The monoisotopic (exact) mass is 486 g/mol. The maximum absolute atomic E-state index is 12.2. The molecule has 0 aromatic carbocycles. The van der Waals surface area contributed by atoms with Crippen molar-refractivity contribution in [3.63, 3.8) is 0 Å². The summed E-state index contributed by atoms with van der Waals surface area (Å²) in [6, 6.07) is 2.08. The molecule has 1 fully saturated rings. The second-order valence-electron chi connectivity index (χ2n) is 7.03. The highest BCUT2D eigenvalue weighted by Gasteiger charge is 2.32. The zero-order valence-electron chi connectivity index (χ0n) is 16.0. The number of hydrogen-bond donors (Lipinski definition) is 2. The van der Waals surface area contributed by atoms with Crippen molar-refractivity contribution in [3.05, 3.63) is 44.6 Å². The Morgan fingerprint density at radius 1 is 1.36 bits per heavy atom. The fourth-order valence-corrected chi connectivity index (χ4v) is 5.55. The fourth-order valence-electron chi connectivity index (χ4n) is 3.38. The first-order valence-corrected chi connectivity index (χ1v) is 12.2. The molecule has 1 saturated carbocycles. The van der Waals surface area contributed by atoms with E-state index in [-0.39, 0.29) is 29.5 Å². The Hall–Kier alpha value is -0.890. The average molecular weight is 487 g/mol. The predicted octanol–water partition coefficient (Wildman–Crippen LogP) is 5.03. The maximum atomic E-state index is 12.2. The number of hydrogen-bond acceptors (Lipinski definition) is 5. The molecule has 1 heterocycles. The van der Waals surface area contributed by atoms with Crippen LogP contribution in [0.4, 0.5) is 0 Å². The van der Waals surface area contributed by atoms with Crippen molar-refractivity contribution in [1.82, 2.24) is 0 Å². The number of aryl methyl sites for hydroxylation is 2. The number of allylic oxidation sites excluding steroid dienone is 3. The summed E-state index contributed by atoms with van der Waals surface area (Å²) in [5.41, 5.74) is 0. The Bertz CT molecular complexity index is 706. The highest BCUT2D eigenvalue weighted by Crippen LogP contribution is 2.36. The number of carbonyl (C=O) groups is 2. The summed E-state index contributed by atoms with van der Waals surface area (Å²) in [5, 5.41) is 18.9. The van der Waals surface area contributed by atoms with E-state index in [9.17, 15) is 14.7 Å². The Morgan fingerprint density at radius 3 is 2.82 bits per heavy atom. The van der Waals surface area contributed by atoms with Crippen molar-refractivity contribution >= 4 is 50.8 Å². The molecule has 0 radical (unpaired) electrons. The van der Waals surface area contributed by atoms with Crippen molar-refractivity contribution < 1.29 is 19.8 Å². The van der Waals surface area contributed by atoms with Crippen LogP contribution < -0.4 is 0 Å². The second kappa shape index (κ2) is 12.0. The second-order valence-corrected chi connectivity index (χ2v) is 10.3. The first-order chi connectivity index (χ1) is 13.4. The van der Waals surface area contributed by atoms with E-state index in [2.05, 4.69) is 28.9 Å². The molecule has 28 heavy (non-hydrogen) atoms. The van der Waals surface area contributed by atoms with Crippen LogP contribution in [-0.4, -0.2) is 39.6 Å². The maximum Gasteiger partial charge on any atom is 0.313 e. The highest BCUT2D eigenvalue weighted by atomic mass is 79.9. The number of aliphatic hydroxyl groups excluding tert-OH is 1. The largest absolute Gasteiger partial charge is 0.481 e. The number of thiophene rings is 1. The Labute approximate surface area is 183 Å². The molecule has 7 heteroatoms. The van der Waals surface area contributed by atoms with Crippen LogP contribution in [0.2, 0.25) is 0 Å². The van der Waals surface area contributed by atoms with Gasteiger partial charge >= 0.3 is 5.97 Å². The van der Waals surface area contributed by atoms with Crippen molar-refractivity contribution in [3.8, 4) is 0 Å². The minimum absolute atomic E-state index is 0.103. The summed E-state index contributed by atoms with van der Waals surface area (Å²) >= 11 is 6.58. The molecule has 0 spiro atoms. The minimum Gasteiger partial charge on any atom is -0.481 e. The summed E-state index contributed by atoms with van der Waals surface area (Å²) in [5.74, 6) is 0.427. The summed E-state index contributed by atoms with van der Waals surface area (Å²) in [7, 11) is 0. The van der Waals surface area contributed by atoms with Gasteiger partial charge in [-0.15, -0.1) is 23.1 Å². The van der Waals surface area contributed by atoms with Crippen LogP contribution in [0.3, 0.4) is 0 Å². The van der Waals surface area contributed by atoms with Gasteiger partial charge < -0.3 is 10.2 Å². The van der Waals surface area contributed by atoms with Crippen molar-refractivity contribution in [1.29, 1.82) is 0 Å². The van der Waals surface area contributed by atoms with Gasteiger partial charge in [-0.05, 0) is 72.5 Å².